The number of rotatable bonds is 6. The predicted octanol–water partition coefficient (Wildman–Crippen LogP) is 11.7. The van der Waals surface area contributed by atoms with Crippen LogP contribution in [0.3, 0.4) is 0 Å². The van der Waals surface area contributed by atoms with Crippen LogP contribution in [0.5, 0.6) is 0 Å². The summed E-state index contributed by atoms with van der Waals surface area (Å²) >= 11 is 1.73. The van der Waals surface area contributed by atoms with Crippen molar-refractivity contribution in [3.63, 3.8) is 0 Å². The maximum atomic E-state index is 6.60. The molecule has 232 valence electrons. The average molecular weight is 649 g/mol. The molecule has 0 bridgehead atoms. The van der Waals surface area contributed by atoms with Crippen molar-refractivity contribution in [2.45, 2.75) is 6.92 Å². The number of benzene rings is 5. The van der Waals surface area contributed by atoms with Crippen LogP contribution in [0.1, 0.15) is 10.4 Å². The first-order valence-corrected chi connectivity index (χ1v) is 16.9. The Morgan fingerprint density at radius 1 is 0.673 bits per heavy atom. The number of nitrogens with zero attached hydrogens (tertiary/aromatic N) is 4. The van der Waals surface area contributed by atoms with Crippen LogP contribution in [0, 0.1) is 6.92 Å². The van der Waals surface area contributed by atoms with Gasteiger partial charge in [-0.15, -0.1) is 11.3 Å². The number of hydrogen-bond donors (Lipinski definition) is 0. The van der Waals surface area contributed by atoms with Crippen LogP contribution in [0.25, 0.3) is 94.3 Å². The van der Waals surface area contributed by atoms with Gasteiger partial charge in [-0.2, -0.15) is 0 Å². The maximum absolute atomic E-state index is 6.60. The summed E-state index contributed by atoms with van der Waals surface area (Å²) in [5.74, 6) is 1.77. The molecule has 4 heterocycles. The molecule has 9 aromatic rings. The molecule has 5 aromatic carbocycles. The topological polar surface area (TPSA) is 64.7 Å². The van der Waals surface area contributed by atoms with E-state index < -0.39 is 0 Å². The van der Waals surface area contributed by atoms with E-state index in [9.17, 15) is 0 Å². The molecule has 0 aliphatic carbocycles. The van der Waals surface area contributed by atoms with Gasteiger partial charge in [0.2, 0.25) is 0 Å². The summed E-state index contributed by atoms with van der Waals surface area (Å²) in [4.78, 5) is 21.4. The van der Waals surface area contributed by atoms with Gasteiger partial charge in [-0.1, -0.05) is 97.6 Å². The Morgan fingerprint density at radius 3 is 2.31 bits per heavy atom. The SMILES string of the molecule is C=C/C=C\c1sc2c(-c3nc(-c4ccccc4)nc(-c4ccc(-c5ccc6ccccc6c5)c5oc6cccnc6c45)n3)cccc2c1C. The Morgan fingerprint density at radius 2 is 1.45 bits per heavy atom. The molecule has 0 aliphatic rings. The molecule has 0 N–H and O–H groups in total. The van der Waals surface area contributed by atoms with E-state index in [-0.39, 0.29) is 0 Å². The molecule has 49 heavy (non-hydrogen) atoms. The Balaban J connectivity index is 1.31. The molecule has 0 fully saturated rings. The monoisotopic (exact) mass is 648 g/mol. The normalized spacial score (nSPS) is 11.8. The molecule has 4 aromatic heterocycles. The maximum Gasteiger partial charge on any atom is 0.165 e. The molecule has 0 saturated heterocycles. The quantitative estimate of drug-likeness (QED) is 0.168. The van der Waals surface area contributed by atoms with Gasteiger partial charge in [-0.3, -0.25) is 4.98 Å². The molecule has 0 spiro atoms. The van der Waals surface area contributed by atoms with Crippen LogP contribution in [0.4, 0.5) is 0 Å². The lowest BCUT2D eigenvalue weighted by molar-refractivity contribution is 0.669. The van der Waals surface area contributed by atoms with Crippen molar-refractivity contribution in [2.24, 2.45) is 0 Å². The number of thiophene rings is 1. The summed E-state index contributed by atoms with van der Waals surface area (Å²) in [5, 5.41) is 4.42. The minimum atomic E-state index is 0.560. The number of fused-ring (bicyclic) bond motifs is 5. The average Bonchev–Trinajstić information content (AvgIpc) is 3.71. The van der Waals surface area contributed by atoms with Crippen LogP contribution >= 0.6 is 11.3 Å². The third-order valence-corrected chi connectivity index (χ3v) is 10.3. The molecule has 0 saturated carbocycles. The van der Waals surface area contributed by atoms with Gasteiger partial charge < -0.3 is 4.42 Å². The van der Waals surface area contributed by atoms with Crippen molar-refractivity contribution in [2.75, 3.05) is 0 Å². The van der Waals surface area contributed by atoms with E-state index >= 15 is 0 Å². The van der Waals surface area contributed by atoms with Crippen LogP contribution in [0.2, 0.25) is 0 Å². The Labute approximate surface area is 286 Å². The van der Waals surface area contributed by atoms with Gasteiger partial charge in [0, 0.05) is 38.0 Å². The van der Waals surface area contributed by atoms with Crippen LogP contribution in [-0.4, -0.2) is 19.9 Å². The minimum absolute atomic E-state index is 0.560. The second kappa shape index (κ2) is 11.8. The lowest BCUT2D eigenvalue weighted by Gasteiger charge is -2.11. The first-order chi connectivity index (χ1) is 24.2. The molecule has 0 amide bonds. The van der Waals surface area contributed by atoms with E-state index in [2.05, 4.69) is 92.4 Å². The summed E-state index contributed by atoms with van der Waals surface area (Å²) in [5.41, 5.74) is 8.22. The van der Waals surface area contributed by atoms with E-state index in [0.29, 0.717) is 23.1 Å². The predicted molar refractivity (Wildman–Crippen MR) is 204 cm³/mol. The van der Waals surface area contributed by atoms with Crippen molar-refractivity contribution in [1.29, 1.82) is 0 Å². The van der Waals surface area contributed by atoms with Gasteiger partial charge in [0.25, 0.3) is 0 Å². The van der Waals surface area contributed by atoms with Gasteiger partial charge in [-0.25, -0.2) is 15.0 Å². The van der Waals surface area contributed by atoms with Gasteiger partial charge in [-0.05, 0) is 76.7 Å². The molecule has 0 radical (unpaired) electrons. The summed E-state index contributed by atoms with van der Waals surface area (Å²) in [6.45, 7) is 6.01. The van der Waals surface area contributed by atoms with Crippen molar-refractivity contribution in [3.05, 3.63) is 151 Å². The summed E-state index contributed by atoms with van der Waals surface area (Å²) in [6.07, 6.45) is 7.68. The fourth-order valence-corrected chi connectivity index (χ4v) is 7.78. The Bertz CT molecular complexity index is 2760. The second-order valence-corrected chi connectivity index (χ2v) is 13.0. The first kappa shape index (κ1) is 28.9. The fraction of sp³-hybridized carbons (Fsp3) is 0.0233. The van der Waals surface area contributed by atoms with E-state index in [1.54, 1.807) is 23.6 Å². The molecule has 0 unspecified atom stereocenters. The van der Waals surface area contributed by atoms with Gasteiger partial charge in [0.1, 0.15) is 11.1 Å². The van der Waals surface area contributed by atoms with E-state index in [1.165, 1.54) is 26.6 Å². The molecule has 9 rings (SSSR count). The number of furan rings is 1. The van der Waals surface area contributed by atoms with Crippen LogP contribution < -0.4 is 0 Å². The van der Waals surface area contributed by atoms with Crippen molar-refractivity contribution < 1.29 is 4.42 Å². The molecule has 0 aliphatic heterocycles. The fourth-order valence-electron chi connectivity index (χ4n) is 6.55. The van der Waals surface area contributed by atoms with Crippen molar-refractivity contribution >= 4 is 60.3 Å². The molecule has 5 nitrogen and oxygen atoms in total. The van der Waals surface area contributed by atoms with Crippen LogP contribution in [0.15, 0.2) is 145 Å². The van der Waals surface area contributed by atoms with E-state index in [1.807, 2.05) is 48.5 Å². The number of pyridine rings is 1. The highest BCUT2D eigenvalue weighted by molar-refractivity contribution is 7.20. The van der Waals surface area contributed by atoms with Crippen LogP contribution in [-0.2, 0) is 0 Å². The Kier molecular flexibility index (Phi) is 6.95. The second-order valence-electron chi connectivity index (χ2n) is 11.9. The largest absolute Gasteiger partial charge is 0.454 e. The summed E-state index contributed by atoms with van der Waals surface area (Å²) < 4.78 is 7.73. The molecule has 0 atom stereocenters. The highest BCUT2D eigenvalue weighted by Gasteiger charge is 2.22. The first-order valence-electron chi connectivity index (χ1n) is 16.1. The van der Waals surface area contributed by atoms with Gasteiger partial charge in [0.15, 0.2) is 23.1 Å². The number of allylic oxidation sites excluding steroid dienone is 2. The van der Waals surface area contributed by atoms with Gasteiger partial charge in [0.05, 0.1) is 5.39 Å². The number of aryl methyl sites for hydroxylation is 1. The van der Waals surface area contributed by atoms with Crippen molar-refractivity contribution in [3.8, 4) is 45.3 Å². The Hall–Kier alpha value is -6.24. The zero-order chi connectivity index (χ0) is 32.9. The lowest BCUT2D eigenvalue weighted by atomic mass is 9.97. The number of hydrogen-bond acceptors (Lipinski definition) is 6. The standard InChI is InChI=1S/C43H28N4OS/c1-3-4-19-36-26(2)31-16-10-17-34(40(31)49-36)43-46-41(28-13-6-5-7-14-28)45-42(47-43)33-23-22-32(30-21-20-27-12-8-9-15-29(27)25-30)39-37(33)38-35(48-39)18-11-24-44-38/h3-25H,1H2,2H3/b19-4-. The lowest BCUT2D eigenvalue weighted by Crippen LogP contribution is -2.00. The highest BCUT2D eigenvalue weighted by atomic mass is 32.1. The van der Waals surface area contributed by atoms with E-state index in [0.717, 1.165) is 49.0 Å². The highest BCUT2D eigenvalue weighted by Crippen LogP contribution is 2.42. The number of aromatic nitrogens is 4. The molecule has 6 heteroatoms. The third kappa shape index (κ3) is 4.93. The molecular formula is C43H28N4OS. The third-order valence-electron chi connectivity index (χ3n) is 8.97. The summed E-state index contributed by atoms with van der Waals surface area (Å²) in [7, 11) is 0. The zero-order valence-corrected chi connectivity index (χ0v) is 27.4. The van der Waals surface area contributed by atoms with Crippen molar-refractivity contribution in [1.82, 2.24) is 19.9 Å². The smallest absolute Gasteiger partial charge is 0.165 e. The zero-order valence-electron chi connectivity index (χ0n) is 26.6. The minimum Gasteiger partial charge on any atom is -0.454 e. The van der Waals surface area contributed by atoms with Gasteiger partial charge >= 0.3 is 0 Å². The molecular weight excluding hydrogens is 621 g/mol. The summed E-state index contributed by atoms with van der Waals surface area (Å²) in [6, 6.07) is 39.4. The van der Waals surface area contributed by atoms with E-state index in [4.69, 9.17) is 24.4 Å².